The van der Waals surface area contributed by atoms with Crippen LogP contribution in [0.25, 0.3) is 0 Å². The Balaban J connectivity index is 1.52. The summed E-state index contributed by atoms with van der Waals surface area (Å²) < 4.78 is 0. The smallest absolute Gasteiger partial charge is 0.307 e. The van der Waals surface area contributed by atoms with Crippen molar-refractivity contribution in [3.63, 3.8) is 0 Å². The molecule has 7 heteroatoms. The van der Waals surface area contributed by atoms with Gasteiger partial charge in [-0.2, -0.15) is 0 Å². The number of nitrogens with one attached hydrogen (secondary N) is 2. The highest BCUT2D eigenvalue weighted by Gasteiger charge is 2.08. The summed E-state index contributed by atoms with van der Waals surface area (Å²) in [4.78, 5) is 26.5. The second kappa shape index (κ2) is 7.46. The van der Waals surface area contributed by atoms with Crippen molar-refractivity contribution in [3.8, 4) is 5.88 Å². The minimum Gasteiger partial charge on any atom is -0.494 e. The molecule has 0 spiro atoms. The number of thiophene rings is 1. The van der Waals surface area contributed by atoms with Crippen LogP contribution in [0.2, 0.25) is 0 Å². The number of benzene rings is 1. The molecular formula is C17H16N2O3S2. The minimum absolute atomic E-state index is 0.0422. The van der Waals surface area contributed by atoms with Gasteiger partial charge < -0.3 is 10.4 Å². The van der Waals surface area contributed by atoms with Crippen LogP contribution in [0, 0.1) is 0 Å². The number of aromatic amines is 1. The van der Waals surface area contributed by atoms with E-state index in [1.165, 1.54) is 11.3 Å². The lowest BCUT2D eigenvalue weighted by Gasteiger charge is -2.05. The molecule has 3 aromatic rings. The average molecular weight is 360 g/mol. The van der Waals surface area contributed by atoms with E-state index >= 15 is 0 Å². The van der Waals surface area contributed by atoms with Crippen molar-refractivity contribution in [1.82, 2.24) is 10.3 Å². The predicted molar refractivity (Wildman–Crippen MR) is 96.2 cm³/mol. The van der Waals surface area contributed by atoms with Crippen molar-refractivity contribution in [2.24, 2.45) is 0 Å². The Morgan fingerprint density at radius 3 is 2.54 bits per heavy atom. The molecule has 0 aliphatic carbocycles. The second-order valence-electron chi connectivity index (χ2n) is 5.26. The monoisotopic (exact) mass is 360 g/mol. The molecule has 124 valence electrons. The summed E-state index contributed by atoms with van der Waals surface area (Å²) in [7, 11) is 0. The van der Waals surface area contributed by atoms with E-state index in [4.69, 9.17) is 0 Å². The number of H-pyrrole nitrogens is 1. The summed E-state index contributed by atoms with van der Waals surface area (Å²) in [5.41, 5.74) is 2.14. The van der Waals surface area contributed by atoms with Crippen molar-refractivity contribution in [2.75, 3.05) is 6.54 Å². The predicted octanol–water partition coefficient (Wildman–Crippen LogP) is 2.77. The maximum atomic E-state index is 11.8. The summed E-state index contributed by atoms with van der Waals surface area (Å²) in [6.07, 6.45) is 1.27. The van der Waals surface area contributed by atoms with E-state index in [2.05, 4.69) is 10.3 Å². The van der Waals surface area contributed by atoms with Crippen LogP contribution >= 0.6 is 22.7 Å². The van der Waals surface area contributed by atoms with Crippen molar-refractivity contribution in [1.29, 1.82) is 0 Å². The molecule has 0 bridgehead atoms. The lowest BCUT2D eigenvalue weighted by molar-refractivity contribution is 0.0958. The maximum absolute atomic E-state index is 11.8. The lowest BCUT2D eigenvalue weighted by Crippen LogP contribution is -2.24. The largest absolute Gasteiger partial charge is 0.494 e. The highest BCUT2D eigenvalue weighted by molar-refractivity contribution is 7.12. The number of hydrogen-bond acceptors (Lipinski definition) is 5. The standard InChI is InChI=1S/C17H16N2O3S2/c20-15(13-2-1-9-23-13)18-8-7-11-3-5-12(6-4-11)10-14-16(21)19-17(22)24-14/h1-6,9,21H,7-8,10H2,(H,18,20)(H,19,22). The highest BCUT2D eigenvalue weighted by Crippen LogP contribution is 2.20. The van der Waals surface area contributed by atoms with Gasteiger partial charge in [-0.25, -0.2) is 0 Å². The molecule has 0 saturated heterocycles. The van der Waals surface area contributed by atoms with Gasteiger partial charge in [0.25, 0.3) is 5.91 Å². The fourth-order valence-electron chi connectivity index (χ4n) is 2.30. The van der Waals surface area contributed by atoms with E-state index in [1.54, 1.807) is 6.07 Å². The number of thiazole rings is 1. The van der Waals surface area contributed by atoms with E-state index in [0.717, 1.165) is 33.8 Å². The Morgan fingerprint density at radius 2 is 1.92 bits per heavy atom. The SMILES string of the molecule is O=C(NCCc1ccc(Cc2sc(=O)[nH]c2O)cc1)c1cccs1. The zero-order chi connectivity index (χ0) is 16.9. The summed E-state index contributed by atoms with van der Waals surface area (Å²) >= 11 is 2.45. The maximum Gasteiger partial charge on any atom is 0.307 e. The van der Waals surface area contributed by atoms with E-state index in [0.29, 0.717) is 17.8 Å². The van der Waals surface area contributed by atoms with Gasteiger partial charge in [0.15, 0.2) is 0 Å². The molecule has 1 aromatic carbocycles. The van der Waals surface area contributed by atoms with Crippen LogP contribution in [0.3, 0.4) is 0 Å². The van der Waals surface area contributed by atoms with Crippen LogP contribution in [0.15, 0.2) is 46.6 Å². The van der Waals surface area contributed by atoms with Crippen molar-refractivity contribution in [3.05, 3.63) is 72.3 Å². The van der Waals surface area contributed by atoms with Crippen molar-refractivity contribution >= 4 is 28.6 Å². The number of carbonyl (C=O) groups excluding carboxylic acids is 1. The topological polar surface area (TPSA) is 82.2 Å². The Hall–Kier alpha value is -2.38. The van der Waals surface area contributed by atoms with Crippen LogP contribution in [-0.2, 0) is 12.8 Å². The minimum atomic E-state index is -0.249. The molecule has 1 amide bonds. The number of carbonyl (C=O) groups is 1. The summed E-state index contributed by atoms with van der Waals surface area (Å²) in [5, 5.41) is 14.4. The van der Waals surface area contributed by atoms with Gasteiger partial charge in [0.05, 0.1) is 9.75 Å². The Morgan fingerprint density at radius 1 is 1.17 bits per heavy atom. The molecule has 5 nitrogen and oxygen atoms in total. The molecule has 0 unspecified atom stereocenters. The fraction of sp³-hybridized carbons (Fsp3) is 0.176. The summed E-state index contributed by atoms with van der Waals surface area (Å²) in [6.45, 7) is 0.580. The third kappa shape index (κ3) is 4.12. The molecule has 3 N–H and O–H groups in total. The third-order valence-electron chi connectivity index (χ3n) is 3.53. The molecule has 3 rings (SSSR count). The van der Waals surface area contributed by atoms with Crippen LogP contribution in [0.5, 0.6) is 5.88 Å². The Kier molecular flexibility index (Phi) is 5.12. The van der Waals surface area contributed by atoms with Gasteiger partial charge in [-0.1, -0.05) is 41.7 Å². The molecule has 0 aliphatic rings. The van der Waals surface area contributed by atoms with E-state index in [1.807, 2.05) is 35.7 Å². The number of amides is 1. The normalized spacial score (nSPS) is 10.7. The van der Waals surface area contributed by atoms with Crippen molar-refractivity contribution in [2.45, 2.75) is 12.8 Å². The van der Waals surface area contributed by atoms with Crippen LogP contribution < -0.4 is 10.2 Å². The molecular weight excluding hydrogens is 344 g/mol. The molecule has 0 aliphatic heterocycles. The van der Waals surface area contributed by atoms with Crippen molar-refractivity contribution < 1.29 is 9.90 Å². The Labute approximate surface area is 146 Å². The van der Waals surface area contributed by atoms with Gasteiger partial charge in [0.2, 0.25) is 5.88 Å². The van der Waals surface area contributed by atoms with Crippen LogP contribution in [0.4, 0.5) is 0 Å². The van der Waals surface area contributed by atoms with E-state index in [-0.39, 0.29) is 16.7 Å². The van der Waals surface area contributed by atoms with Gasteiger partial charge in [0, 0.05) is 13.0 Å². The first-order valence-corrected chi connectivity index (χ1v) is 9.12. The number of aromatic hydroxyl groups is 1. The van der Waals surface area contributed by atoms with E-state index in [9.17, 15) is 14.7 Å². The fourth-order valence-corrected chi connectivity index (χ4v) is 3.69. The molecule has 0 radical (unpaired) electrons. The number of rotatable bonds is 6. The number of aromatic nitrogens is 1. The zero-order valence-corrected chi connectivity index (χ0v) is 14.4. The van der Waals surface area contributed by atoms with Gasteiger partial charge in [-0.3, -0.25) is 14.6 Å². The molecule has 0 fully saturated rings. The molecule has 24 heavy (non-hydrogen) atoms. The van der Waals surface area contributed by atoms with Gasteiger partial charge >= 0.3 is 4.87 Å². The molecule has 0 saturated carbocycles. The first-order chi connectivity index (χ1) is 11.6. The average Bonchev–Trinajstić information content (AvgIpc) is 3.19. The number of hydrogen-bond donors (Lipinski definition) is 3. The van der Waals surface area contributed by atoms with E-state index < -0.39 is 0 Å². The highest BCUT2D eigenvalue weighted by atomic mass is 32.1. The van der Waals surface area contributed by atoms with Gasteiger partial charge in [-0.05, 0) is 29.0 Å². The lowest BCUT2D eigenvalue weighted by atomic mass is 10.1. The first-order valence-electron chi connectivity index (χ1n) is 7.42. The Bertz CT molecular complexity index is 864. The summed E-state index contributed by atoms with van der Waals surface area (Å²) in [5.74, 6) is -0.0928. The van der Waals surface area contributed by atoms with Crippen LogP contribution in [-0.4, -0.2) is 22.5 Å². The van der Waals surface area contributed by atoms with Gasteiger partial charge in [0.1, 0.15) is 0 Å². The van der Waals surface area contributed by atoms with Gasteiger partial charge in [-0.15, -0.1) is 11.3 Å². The molecule has 0 atom stereocenters. The molecule has 2 heterocycles. The zero-order valence-electron chi connectivity index (χ0n) is 12.7. The second-order valence-corrected chi connectivity index (χ2v) is 7.28. The summed E-state index contributed by atoms with van der Waals surface area (Å²) in [6, 6.07) is 11.6. The third-order valence-corrected chi connectivity index (χ3v) is 5.27. The molecule has 2 aromatic heterocycles. The quantitative estimate of drug-likeness (QED) is 0.632. The van der Waals surface area contributed by atoms with Crippen LogP contribution in [0.1, 0.15) is 25.7 Å². The first kappa shape index (κ1) is 16.5.